The van der Waals surface area contributed by atoms with Gasteiger partial charge in [-0.1, -0.05) is 36.9 Å². The molecule has 154 valence electrons. The summed E-state index contributed by atoms with van der Waals surface area (Å²) in [4.78, 5) is 16.2. The highest BCUT2D eigenvalue weighted by Gasteiger charge is 2.13. The standard InChI is InChI=1S/C22H27N3O4/c1-5-12-29-19-9-7-6-8-17(19)15-25-22(23-2)24-14-16-10-11-20(27-3)18(13-16)21(26)28-4/h5-11,13H,1,12,14-15H2,2-4H3,(H2,23,24,25). The summed E-state index contributed by atoms with van der Waals surface area (Å²) in [6.07, 6.45) is 1.71. The van der Waals surface area contributed by atoms with Crippen LogP contribution in [0.4, 0.5) is 0 Å². The van der Waals surface area contributed by atoms with Crippen LogP contribution in [0.15, 0.2) is 60.1 Å². The maximum atomic E-state index is 11.9. The third-order valence-electron chi connectivity index (χ3n) is 4.13. The summed E-state index contributed by atoms with van der Waals surface area (Å²) in [6, 6.07) is 13.2. The molecule has 0 saturated heterocycles. The van der Waals surface area contributed by atoms with Crippen LogP contribution in [-0.2, 0) is 17.8 Å². The third-order valence-corrected chi connectivity index (χ3v) is 4.13. The number of benzene rings is 2. The summed E-state index contributed by atoms with van der Waals surface area (Å²) < 4.78 is 15.7. The number of nitrogens with one attached hydrogen (secondary N) is 2. The van der Waals surface area contributed by atoms with Gasteiger partial charge < -0.3 is 24.8 Å². The molecule has 0 aliphatic carbocycles. The van der Waals surface area contributed by atoms with Gasteiger partial charge in [0.2, 0.25) is 0 Å². The molecule has 29 heavy (non-hydrogen) atoms. The van der Waals surface area contributed by atoms with Crippen molar-refractivity contribution in [2.45, 2.75) is 13.1 Å². The number of ether oxygens (including phenoxy) is 3. The molecule has 0 heterocycles. The molecular weight excluding hydrogens is 370 g/mol. The first-order valence-electron chi connectivity index (χ1n) is 9.14. The van der Waals surface area contributed by atoms with Gasteiger partial charge in [-0.15, -0.1) is 0 Å². The highest BCUT2D eigenvalue weighted by Crippen LogP contribution is 2.21. The van der Waals surface area contributed by atoms with Gasteiger partial charge in [0.1, 0.15) is 23.7 Å². The Kier molecular flexibility index (Phi) is 8.56. The van der Waals surface area contributed by atoms with E-state index < -0.39 is 5.97 Å². The van der Waals surface area contributed by atoms with Crippen molar-refractivity contribution in [2.75, 3.05) is 27.9 Å². The van der Waals surface area contributed by atoms with Crippen LogP contribution in [0.25, 0.3) is 0 Å². The highest BCUT2D eigenvalue weighted by molar-refractivity contribution is 5.92. The van der Waals surface area contributed by atoms with E-state index in [1.54, 1.807) is 25.3 Å². The van der Waals surface area contributed by atoms with E-state index in [-0.39, 0.29) is 0 Å². The number of hydrogen-bond donors (Lipinski definition) is 2. The summed E-state index contributed by atoms with van der Waals surface area (Å²) in [5.74, 6) is 1.45. The van der Waals surface area contributed by atoms with Crippen LogP contribution >= 0.6 is 0 Å². The predicted molar refractivity (Wildman–Crippen MR) is 114 cm³/mol. The fourth-order valence-electron chi connectivity index (χ4n) is 2.66. The van der Waals surface area contributed by atoms with Crippen LogP contribution in [0.1, 0.15) is 21.5 Å². The molecule has 7 nitrogen and oxygen atoms in total. The molecule has 0 aliphatic heterocycles. The molecule has 0 amide bonds. The third kappa shape index (κ3) is 6.27. The smallest absolute Gasteiger partial charge is 0.341 e. The Morgan fingerprint density at radius 1 is 1.10 bits per heavy atom. The predicted octanol–water partition coefficient (Wildman–Crippen LogP) is 2.91. The molecule has 0 atom stereocenters. The van der Waals surface area contributed by atoms with Crippen molar-refractivity contribution in [3.63, 3.8) is 0 Å². The zero-order chi connectivity index (χ0) is 21.1. The number of rotatable bonds is 9. The van der Waals surface area contributed by atoms with E-state index in [1.165, 1.54) is 14.2 Å². The van der Waals surface area contributed by atoms with Crippen molar-refractivity contribution in [3.05, 3.63) is 71.8 Å². The van der Waals surface area contributed by atoms with Gasteiger partial charge in [0.25, 0.3) is 0 Å². The molecule has 0 saturated carbocycles. The largest absolute Gasteiger partial charge is 0.496 e. The Hall–Kier alpha value is -3.48. The van der Waals surface area contributed by atoms with Crippen LogP contribution in [0.2, 0.25) is 0 Å². The molecule has 0 radical (unpaired) electrons. The average Bonchev–Trinajstić information content (AvgIpc) is 2.77. The number of carbonyl (C=O) groups is 1. The number of esters is 1. The van der Waals surface area contributed by atoms with Gasteiger partial charge >= 0.3 is 5.97 Å². The lowest BCUT2D eigenvalue weighted by atomic mass is 10.1. The molecule has 0 spiro atoms. The topological polar surface area (TPSA) is 81.2 Å². The minimum Gasteiger partial charge on any atom is -0.496 e. The fraction of sp³-hybridized carbons (Fsp3) is 0.273. The lowest BCUT2D eigenvalue weighted by Gasteiger charge is -2.15. The molecule has 2 rings (SSSR count). The molecule has 0 fully saturated rings. The second-order valence-electron chi connectivity index (χ2n) is 6.01. The molecule has 2 N–H and O–H groups in total. The number of para-hydroxylation sites is 1. The fourth-order valence-corrected chi connectivity index (χ4v) is 2.66. The van der Waals surface area contributed by atoms with Crippen molar-refractivity contribution in [3.8, 4) is 11.5 Å². The number of methoxy groups -OCH3 is 2. The normalized spacial score (nSPS) is 10.8. The van der Waals surface area contributed by atoms with E-state index in [0.717, 1.165) is 16.9 Å². The number of carbonyl (C=O) groups excluding carboxylic acids is 1. The lowest BCUT2D eigenvalue weighted by molar-refractivity contribution is 0.0597. The van der Waals surface area contributed by atoms with E-state index in [2.05, 4.69) is 22.2 Å². The summed E-state index contributed by atoms with van der Waals surface area (Å²) in [7, 11) is 4.56. The second kappa shape index (κ2) is 11.4. The summed E-state index contributed by atoms with van der Waals surface area (Å²) in [5, 5.41) is 6.49. The Morgan fingerprint density at radius 3 is 2.55 bits per heavy atom. The Morgan fingerprint density at radius 2 is 1.86 bits per heavy atom. The minimum absolute atomic E-state index is 0.380. The van der Waals surface area contributed by atoms with E-state index in [1.807, 2.05) is 30.3 Å². The van der Waals surface area contributed by atoms with Gasteiger partial charge in [0, 0.05) is 25.7 Å². The molecule has 0 aliphatic rings. The van der Waals surface area contributed by atoms with Crippen LogP contribution in [0, 0.1) is 0 Å². The summed E-state index contributed by atoms with van der Waals surface area (Å²) in [5.41, 5.74) is 2.28. The SMILES string of the molecule is C=CCOc1ccccc1CNC(=NC)NCc1ccc(OC)c(C(=O)OC)c1. The van der Waals surface area contributed by atoms with Crippen molar-refractivity contribution in [1.29, 1.82) is 0 Å². The number of hydrogen-bond acceptors (Lipinski definition) is 5. The van der Waals surface area contributed by atoms with Crippen molar-refractivity contribution >= 4 is 11.9 Å². The maximum Gasteiger partial charge on any atom is 0.341 e. The Labute approximate surface area is 171 Å². The maximum absolute atomic E-state index is 11.9. The molecule has 2 aromatic carbocycles. The average molecular weight is 397 g/mol. The van der Waals surface area contributed by atoms with E-state index in [4.69, 9.17) is 14.2 Å². The second-order valence-corrected chi connectivity index (χ2v) is 6.01. The van der Waals surface area contributed by atoms with Crippen LogP contribution in [0.3, 0.4) is 0 Å². The van der Waals surface area contributed by atoms with E-state index >= 15 is 0 Å². The van der Waals surface area contributed by atoms with Crippen molar-refractivity contribution in [1.82, 2.24) is 10.6 Å². The zero-order valence-electron chi connectivity index (χ0n) is 17.0. The zero-order valence-corrected chi connectivity index (χ0v) is 17.0. The minimum atomic E-state index is -0.442. The number of aliphatic imine (C=N–C) groups is 1. The number of nitrogens with zero attached hydrogens (tertiary/aromatic N) is 1. The molecule has 2 aromatic rings. The van der Waals surface area contributed by atoms with Crippen molar-refractivity contribution in [2.24, 2.45) is 4.99 Å². The van der Waals surface area contributed by atoms with Gasteiger partial charge in [0.05, 0.1) is 14.2 Å². The molecule has 7 heteroatoms. The van der Waals surface area contributed by atoms with Crippen LogP contribution < -0.4 is 20.1 Å². The van der Waals surface area contributed by atoms with E-state index in [0.29, 0.717) is 37.0 Å². The Bertz CT molecular complexity index is 865. The monoisotopic (exact) mass is 397 g/mol. The molecule has 0 unspecified atom stereocenters. The van der Waals surface area contributed by atoms with Gasteiger partial charge in [-0.2, -0.15) is 0 Å². The summed E-state index contributed by atoms with van der Waals surface area (Å²) >= 11 is 0. The molecule has 0 aromatic heterocycles. The van der Waals surface area contributed by atoms with Crippen molar-refractivity contribution < 1.29 is 19.0 Å². The first kappa shape index (κ1) is 21.8. The summed E-state index contributed by atoms with van der Waals surface area (Å²) in [6.45, 7) is 5.14. The van der Waals surface area contributed by atoms with Gasteiger partial charge in [0.15, 0.2) is 5.96 Å². The van der Waals surface area contributed by atoms with E-state index in [9.17, 15) is 4.79 Å². The van der Waals surface area contributed by atoms with Gasteiger partial charge in [-0.25, -0.2) is 4.79 Å². The lowest BCUT2D eigenvalue weighted by Crippen LogP contribution is -2.36. The van der Waals surface area contributed by atoms with Crippen LogP contribution in [0.5, 0.6) is 11.5 Å². The van der Waals surface area contributed by atoms with Gasteiger partial charge in [-0.3, -0.25) is 4.99 Å². The number of guanidine groups is 1. The highest BCUT2D eigenvalue weighted by atomic mass is 16.5. The quantitative estimate of drug-likeness (QED) is 0.293. The van der Waals surface area contributed by atoms with Crippen LogP contribution in [-0.4, -0.2) is 39.8 Å². The first-order chi connectivity index (χ1) is 14.1. The Balaban J connectivity index is 2.00. The first-order valence-corrected chi connectivity index (χ1v) is 9.14. The molecular formula is C22H27N3O4. The molecule has 0 bridgehead atoms. The van der Waals surface area contributed by atoms with Gasteiger partial charge in [-0.05, 0) is 23.8 Å².